The maximum atomic E-state index is 9.94. The molecule has 2 aromatic rings. The molecule has 18 heavy (non-hydrogen) atoms. The summed E-state index contributed by atoms with van der Waals surface area (Å²) in [6.45, 7) is 2.09. The summed E-state index contributed by atoms with van der Waals surface area (Å²) in [4.78, 5) is 4.13. The summed E-state index contributed by atoms with van der Waals surface area (Å²) in [6, 6.07) is 10.7. The highest BCUT2D eigenvalue weighted by Crippen LogP contribution is 2.18. The first kappa shape index (κ1) is 12.9. The molecule has 2 rings (SSSR count). The lowest BCUT2D eigenvalue weighted by Crippen LogP contribution is -2.10. The summed E-state index contributed by atoms with van der Waals surface area (Å²) >= 11 is 5.77. The van der Waals surface area contributed by atoms with Crippen molar-refractivity contribution < 1.29 is 9.84 Å². The minimum absolute atomic E-state index is 0.187. The zero-order chi connectivity index (χ0) is 13.0. The Morgan fingerprint density at radius 1 is 1.22 bits per heavy atom. The zero-order valence-electron chi connectivity index (χ0n) is 10.0. The number of nitrogens with zero attached hydrogens (tertiary/aromatic N) is 1. The normalized spacial score (nSPS) is 12.2. The van der Waals surface area contributed by atoms with Crippen molar-refractivity contribution in [1.29, 1.82) is 0 Å². The van der Waals surface area contributed by atoms with E-state index in [9.17, 15) is 5.11 Å². The van der Waals surface area contributed by atoms with Crippen molar-refractivity contribution >= 4 is 11.6 Å². The van der Waals surface area contributed by atoms with Gasteiger partial charge in [-0.05, 0) is 37.3 Å². The average molecular weight is 264 g/mol. The van der Waals surface area contributed by atoms with Crippen LogP contribution in [0.25, 0.3) is 0 Å². The molecule has 0 saturated carbocycles. The van der Waals surface area contributed by atoms with E-state index in [1.165, 1.54) is 0 Å². The predicted octanol–water partition coefficient (Wildman–Crippen LogP) is 3.16. The van der Waals surface area contributed by atoms with Gasteiger partial charge in [-0.15, -0.1) is 0 Å². The molecule has 1 N–H and O–H groups in total. The van der Waals surface area contributed by atoms with Crippen molar-refractivity contribution in [1.82, 2.24) is 4.98 Å². The van der Waals surface area contributed by atoms with E-state index in [1.54, 1.807) is 30.5 Å². The number of hydrogen-bond acceptors (Lipinski definition) is 3. The molecular formula is C14H14ClNO2. The fourth-order valence-electron chi connectivity index (χ4n) is 1.48. The molecule has 1 unspecified atom stereocenters. The number of ether oxygens (including phenoxy) is 1. The van der Waals surface area contributed by atoms with E-state index >= 15 is 0 Å². The molecule has 94 valence electrons. The fraction of sp³-hybridized carbons (Fsp3) is 0.214. The molecular weight excluding hydrogens is 250 g/mol. The Hall–Kier alpha value is -1.58. The van der Waals surface area contributed by atoms with Crippen molar-refractivity contribution in [2.45, 2.75) is 13.0 Å². The SMILES string of the molecule is Cc1ccc(C(O)COc2ccc(Cl)cc2)cn1. The second-order valence-corrected chi connectivity index (χ2v) is 4.45. The number of rotatable bonds is 4. The van der Waals surface area contributed by atoms with Crippen molar-refractivity contribution in [2.24, 2.45) is 0 Å². The first-order chi connectivity index (χ1) is 8.65. The number of aliphatic hydroxyl groups excluding tert-OH is 1. The van der Waals surface area contributed by atoms with E-state index in [-0.39, 0.29) is 6.61 Å². The molecule has 0 aliphatic rings. The monoisotopic (exact) mass is 263 g/mol. The molecule has 4 heteroatoms. The summed E-state index contributed by atoms with van der Waals surface area (Å²) in [7, 11) is 0. The molecule has 1 heterocycles. The zero-order valence-corrected chi connectivity index (χ0v) is 10.8. The maximum Gasteiger partial charge on any atom is 0.119 e. The smallest absolute Gasteiger partial charge is 0.119 e. The van der Waals surface area contributed by atoms with Crippen LogP contribution in [0.5, 0.6) is 5.75 Å². The van der Waals surface area contributed by atoms with Gasteiger partial charge in [0, 0.05) is 22.5 Å². The standard InChI is InChI=1S/C14H14ClNO2/c1-10-2-3-11(8-16-10)14(17)9-18-13-6-4-12(15)5-7-13/h2-8,14,17H,9H2,1H3. The molecule has 0 aliphatic heterocycles. The Balaban J connectivity index is 1.93. The van der Waals surface area contributed by atoms with E-state index in [4.69, 9.17) is 16.3 Å². The third kappa shape index (κ3) is 3.45. The number of aromatic nitrogens is 1. The van der Waals surface area contributed by atoms with E-state index < -0.39 is 6.10 Å². The van der Waals surface area contributed by atoms with Gasteiger partial charge in [0.25, 0.3) is 0 Å². The molecule has 0 bridgehead atoms. The molecule has 0 radical (unpaired) electrons. The first-order valence-electron chi connectivity index (χ1n) is 5.64. The molecule has 1 aromatic carbocycles. The van der Waals surface area contributed by atoms with Crippen LogP contribution in [0.4, 0.5) is 0 Å². The minimum Gasteiger partial charge on any atom is -0.491 e. The van der Waals surface area contributed by atoms with Gasteiger partial charge in [-0.3, -0.25) is 4.98 Å². The lowest BCUT2D eigenvalue weighted by Gasteiger charge is -2.12. The van der Waals surface area contributed by atoms with Crippen molar-refractivity contribution in [2.75, 3.05) is 6.61 Å². The van der Waals surface area contributed by atoms with Crippen LogP contribution in [-0.4, -0.2) is 16.7 Å². The van der Waals surface area contributed by atoms with Crippen LogP contribution < -0.4 is 4.74 Å². The quantitative estimate of drug-likeness (QED) is 0.921. The van der Waals surface area contributed by atoms with Gasteiger partial charge in [0.05, 0.1) is 0 Å². The fourth-order valence-corrected chi connectivity index (χ4v) is 1.60. The lowest BCUT2D eigenvalue weighted by molar-refractivity contribution is 0.108. The van der Waals surface area contributed by atoms with E-state index in [2.05, 4.69) is 4.98 Å². The highest BCUT2D eigenvalue weighted by Gasteiger charge is 2.08. The second-order valence-electron chi connectivity index (χ2n) is 4.01. The molecule has 0 amide bonds. The van der Waals surface area contributed by atoms with Gasteiger partial charge in [-0.1, -0.05) is 17.7 Å². The van der Waals surface area contributed by atoms with Gasteiger partial charge >= 0.3 is 0 Å². The van der Waals surface area contributed by atoms with E-state index in [0.29, 0.717) is 10.8 Å². The number of pyridine rings is 1. The molecule has 0 fully saturated rings. The Bertz CT molecular complexity index is 496. The van der Waals surface area contributed by atoms with Crippen LogP contribution in [0, 0.1) is 6.92 Å². The Morgan fingerprint density at radius 2 is 1.94 bits per heavy atom. The third-order valence-corrected chi connectivity index (χ3v) is 2.79. The van der Waals surface area contributed by atoms with Crippen molar-refractivity contribution in [3.63, 3.8) is 0 Å². The van der Waals surface area contributed by atoms with E-state index in [1.807, 2.05) is 19.1 Å². The number of hydrogen-bond donors (Lipinski definition) is 1. The van der Waals surface area contributed by atoms with Crippen molar-refractivity contribution in [3.05, 3.63) is 58.9 Å². The van der Waals surface area contributed by atoms with Crippen molar-refractivity contribution in [3.8, 4) is 5.75 Å². The van der Waals surface area contributed by atoms with Gasteiger partial charge in [0.1, 0.15) is 18.5 Å². The minimum atomic E-state index is -0.686. The summed E-state index contributed by atoms with van der Waals surface area (Å²) in [5, 5.41) is 10.6. The molecule has 3 nitrogen and oxygen atoms in total. The summed E-state index contributed by atoms with van der Waals surface area (Å²) in [6.07, 6.45) is 0.972. The number of aliphatic hydroxyl groups is 1. The summed E-state index contributed by atoms with van der Waals surface area (Å²) in [5.41, 5.74) is 1.67. The Kier molecular flexibility index (Phi) is 4.18. The average Bonchev–Trinajstić information content (AvgIpc) is 2.38. The Morgan fingerprint density at radius 3 is 2.56 bits per heavy atom. The highest BCUT2D eigenvalue weighted by molar-refractivity contribution is 6.30. The molecule has 0 spiro atoms. The van der Waals surface area contributed by atoms with E-state index in [0.717, 1.165) is 11.3 Å². The van der Waals surface area contributed by atoms with Crippen LogP contribution >= 0.6 is 11.6 Å². The highest BCUT2D eigenvalue weighted by atomic mass is 35.5. The molecule has 0 aliphatic carbocycles. The second kappa shape index (κ2) is 5.85. The van der Waals surface area contributed by atoms with Gasteiger partial charge in [0.15, 0.2) is 0 Å². The number of benzene rings is 1. The molecule has 1 atom stereocenters. The predicted molar refractivity (Wildman–Crippen MR) is 70.9 cm³/mol. The largest absolute Gasteiger partial charge is 0.491 e. The lowest BCUT2D eigenvalue weighted by atomic mass is 10.1. The van der Waals surface area contributed by atoms with Gasteiger partial charge < -0.3 is 9.84 Å². The van der Waals surface area contributed by atoms with Gasteiger partial charge in [0.2, 0.25) is 0 Å². The van der Waals surface area contributed by atoms with Crippen LogP contribution in [0.3, 0.4) is 0 Å². The summed E-state index contributed by atoms with van der Waals surface area (Å²) in [5.74, 6) is 0.679. The molecule has 0 saturated heterocycles. The van der Waals surface area contributed by atoms with Gasteiger partial charge in [-0.2, -0.15) is 0 Å². The van der Waals surface area contributed by atoms with Crippen LogP contribution in [0.15, 0.2) is 42.6 Å². The molecule has 1 aromatic heterocycles. The topological polar surface area (TPSA) is 42.4 Å². The maximum absolute atomic E-state index is 9.94. The van der Waals surface area contributed by atoms with Crippen LogP contribution in [0.2, 0.25) is 5.02 Å². The Labute approximate surface area is 111 Å². The summed E-state index contributed by atoms with van der Waals surface area (Å²) < 4.78 is 5.47. The number of aryl methyl sites for hydroxylation is 1. The number of halogens is 1. The van der Waals surface area contributed by atoms with Gasteiger partial charge in [-0.25, -0.2) is 0 Å². The third-order valence-electron chi connectivity index (χ3n) is 2.54. The van der Waals surface area contributed by atoms with Crippen LogP contribution in [-0.2, 0) is 0 Å². The van der Waals surface area contributed by atoms with Crippen LogP contribution in [0.1, 0.15) is 17.4 Å². The first-order valence-corrected chi connectivity index (χ1v) is 6.02.